The first kappa shape index (κ1) is 16.8. The van der Waals surface area contributed by atoms with Gasteiger partial charge in [0, 0.05) is 0 Å². The van der Waals surface area contributed by atoms with Gasteiger partial charge in [-0.15, -0.1) is 0 Å². The maximum atomic E-state index is 14.0. The number of aliphatic hydroxyl groups is 1. The number of carbonyl (C=O) groups excluding carboxylic acids is 2. The first-order valence-electron chi connectivity index (χ1n) is 6.70. The van der Waals surface area contributed by atoms with E-state index in [9.17, 15) is 23.5 Å². The van der Waals surface area contributed by atoms with Crippen molar-refractivity contribution in [2.75, 3.05) is 7.11 Å². The van der Waals surface area contributed by atoms with Gasteiger partial charge in [-0.3, -0.25) is 4.79 Å². The van der Waals surface area contributed by atoms with Crippen LogP contribution in [-0.4, -0.2) is 41.2 Å². The number of hydrogen-bond acceptors (Lipinski definition) is 4. The summed E-state index contributed by atoms with van der Waals surface area (Å²) in [5, 5.41) is 11.8. The van der Waals surface area contributed by atoms with Gasteiger partial charge in [0.2, 0.25) is 0 Å². The molecule has 0 saturated heterocycles. The number of amides is 1. The van der Waals surface area contributed by atoms with Gasteiger partial charge in [0.15, 0.2) is 0 Å². The molecule has 0 aromatic heterocycles. The highest BCUT2D eigenvalue weighted by Gasteiger charge is 2.62. The first-order valence-corrected chi connectivity index (χ1v) is 6.70. The Morgan fingerprint density at radius 1 is 1.30 bits per heavy atom. The Morgan fingerprint density at radius 2 is 1.80 bits per heavy atom. The molecule has 0 unspecified atom stereocenters. The van der Waals surface area contributed by atoms with Crippen molar-refractivity contribution in [1.82, 2.24) is 5.32 Å². The van der Waals surface area contributed by atoms with Gasteiger partial charge in [-0.1, -0.05) is 13.8 Å². The molecule has 116 valence electrons. The normalized spacial score (nSPS) is 18.1. The van der Waals surface area contributed by atoms with Crippen LogP contribution in [0, 0.1) is 0 Å². The van der Waals surface area contributed by atoms with Crippen molar-refractivity contribution < 1.29 is 28.2 Å². The highest BCUT2D eigenvalue weighted by molar-refractivity contribution is 5.92. The van der Waals surface area contributed by atoms with Gasteiger partial charge < -0.3 is 15.2 Å². The maximum Gasteiger partial charge on any atom is 0.352 e. The van der Waals surface area contributed by atoms with E-state index in [1.54, 1.807) is 13.8 Å². The molecule has 1 saturated carbocycles. The summed E-state index contributed by atoms with van der Waals surface area (Å²) in [6.07, 6.45) is 0.434. The van der Waals surface area contributed by atoms with Crippen LogP contribution < -0.4 is 5.32 Å². The van der Waals surface area contributed by atoms with Crippen molar-refractivity contribution in [3.63, 3.8) is 0 Å². The zero-order chi connectivity index (χ0) is 15.6. The Labute approximate surface area is 116 Å². The molecule has 0 spiro atoms. The topological polar surface area (TPSA) is 75.6 Å². The second-order valence-electron chi connectivity index (χ2n) is 5.19. The van der Waals surface area contributed by atoms with E-state index in [1.807, 2.05) is 0 Å². The maximum absolute atomic E-state index is 14.0. The van der Waals surface area contributed by atoms with E-state index in [1.165, 1.54) is 0 Å². The molecule has 5 nitrogen and oxygen atoms in total. The number of methoxy groups -OCH3 is 1. The summed E-state index contributed by atoms with van der Waals surface area (Å²) in [5.74, 6) is -6.32. The van der Waals surface area contributed by atoms with Crippen LogP contribution in [0.2, 0.25) is 0 Å². The molecule has 0 heterocycles. The van der Waals surface area contributed by atoms with E-state index in [-0.39, 0.29) is 25.7 Å². The van der Waals surface area contributed by atoms with Crippen LogP contribution >= 0.6 is 0 Å². The third-order valence-electron chi connectivity index (χ3n) is 4.19. The smallest absolute Gasteiger partial charge is 0.352 e. The number of ether oxygens (including phenoxy) is 1. The van der Waals surface area contributed by atoms with Crippen molar-refractivity contribution in [2.45, 2.75) is 63.0 Å². The molecule has 0 radical (unpaired) electrons. The number of carbonyl (C=O) groups is 2. The van der Waals surface area contributed by atoms with E-state index in [0.29, 0.717) is 6.42 Å². The second kappa shape index (κ2) is 5.63. The quantitative estimate of drug-likeness (QED) is 0.726. The second-order valence-corrected chi connectivity index (χ2v) is 5.19. The van der Waals surface area contributed by atoms with Gasteiger partial charge in [-0.2, -0.15) is 8.78 Å². The number of rotatable bonds is 6. The summed E-state index contributed by atoms with van der Waals surface area (Å²) >= 11 is 0. The summed E-state index contributed by atoms with van der Waals surface area (Å²) in [7, 11) is 1.13. The molecule has 1 aliphatic carbocycles. The number of halogens is 2. The van der Waals surface area contributed by atoms with Crippen molar-refractivity contribution in [2.24, 2.45) is 0 Å². The average molecular weight is 293 g/mol. The lowest BCUT2D eigenvalue weighted by Crippen LogP contribution is -2.65. The number of alkyl halides is 2. The van der Waals surface area contributed by atoms with Crippen molar-refractivity contribution in [1.29, 1.82) is 0 Å². The lowest BCUT2D eigenvalue weighted by Gasteiger charge is -2.42. The molecule has 0 atom stereocenters. The monoisotopic (exact) mass is 293 g/mol. The van der Waals surface area contributed by atoms with Gasteiger partial charge in [-0.05, 0) is 32.1 Å². The molecule has 0 aromatic rings. The third kappa shape index (κ3) is 2.51. The molecule has 1 amide bonds. The summed E-state index contributed by atoms with van der Waals surface area (Å²) in [4.78, 5) is 23.6. The minimum Gasteiger partial charge on any atom is -0.467 e. The molecule has 0 aliphatic heterocycles. The van der Waals surface area contributed by atoms with Crippen LogP contribution in [0.15, 0.2) is 0 Å². The highest BCUT2D eigenvalue weighted by Crippen LogP contribution is 2.44. The van der Waals surface area contributed by atoms with E-state index >= 15 is 0 Å². The molecule has 1 rings (SSSR count). The van der Waals surface area contributed by atoms with Gasteiger partial charge >= 0.3 is 11.9 Å². The Hall–Kier alpha value is -1.24. The van der Waals surface area contributed by atoms with Crippen molar-refractivity contribution in [3.8, 4) is 0 Å². The lowest BCUT2D eigenvalue weighted by atomic mass is 9.74. The van der Waals surface area contributed by atoms with E-state index in [2.05, 4.69) is 10.1 Å². The molecule has 20 heavy (non-hydrogen) atoms. The van der Waals surface area contributed by atoms with Crippen LogP contribution in [0.25, 0.3) is 0 Å². The largest absolute Gasteiger partial charge is 0.467 e. The SMILES string of the molecule is CCC(CC)(NC(=O)C(F)(F)C1(O)CCC1)C(=O)OC. The van der Waals surface area contributed by atoms with E-state index < -0.39 is 28.9 Å². The average Bonchev–Trinajstić information content (AvgIpc) is 2.40. The fraction of sp³-hybridized carbons (Fsp3) is 0.846. The van der Waals surface area contributed by atoms with Crippen LogP contribution in [0.5, 0.6) is 0 Å². The molecule has 0 bridgehead atoms. The minimum absolute atomic E-state index is 0.121. The fourth-order valence-corrected chi connectivity index (χ4v) is 2.29. The summed E-state index contributed by atoms with van der Waals surface area (Å²) in [6, 6.07) is 0. The zero-order valence-electron chi connectivity index (χ0n) is 12.0. The first-order chi connectivity index (χ1) is 9.19. The predicted octanol–water partition coefficient (Wildman–Crippen LogP) is 1.38. The fourth-order valence-electron chi connectivity index (χ4n) is 2.29. The van der Waals surface area contributed by atoms with Gasteiger partial charge in [-0.25, -0.2) is 4.79 Å². The Morgan fingerprint density at radius 3 is 2.10 bits per heavy atom. The molecule has 1 fully saturated rings. The van der Waals surface area contributed by atoms with Crippen LogP contribution in [0.4, 0.5) is 8.78 Å². The van der Waals surface area contributed by atoms with E-state index in [0.717, 1.165) is 7.11 Å². The molecule has 7 heteroatoms. The number of esters is 1. The standard InChI is InChI=1S/C13H21F2NO4/c1-4-11(5-2,10(18)20-3)16-9(17)13(14,15)12(19)7-6-8-12/h19H,4-8H2,1-3H3,(H,16,17). The summed E-state index contributed by atoms with van der Waals surface area (Å²) in [5.41, 5.74) is -3.80. The Bertz CT molecular complexity index is 390. The minimum atomic E-state index is -3.92. The molecule has 0 aromatic carbocycles. The summed E-state index contributed by atoms with van der Waals surface area (Å²) < 4.78 is 32.6. The van der Waals surface area contributed by atoms with Crippen LogP contribution in [-0.2, 0) is 14.3 Å². The van der Waals surface area contributed by atoms with Gasteiger partial charge in [0.1, 0.15) is 11.1 Å². The van der Waals surface area contributed by atoms with Gasteiger partial charge in [0.05, 0.1) is 7.11 Å². The number of nitrogens with one attached hydrogen (secondary N) is 1. The van der Waals surface area contributed by atoms with Crippen molar-refractivity contribution in [3.05, 3.63) is 0 Å². The zero-order valence-corrected chi connectivity index (χ0v) is 12.0. The number of hydrogen-bond donors (Lipinski definition) is 2. The van der Waals surface area contributed by atoms with Crippen LogP contribution in [0.3, 0.4) is 0 Å². The lowest BCUT2D eigenvalue weighted by molar-refractivity contribution is -0.217. The molecular formula is C13H21F2NO4. The molecule has 2 N–H and O–H groups in total. The molecular weight excluding hydrogens is 272 g/mol. The van der Waals surface area contributed by atoms with E-state index in [4.69, 9.17) is 0 Å². The van der Waals surface area contributed by atoms with Crippen LogP contribution in [0.1, 0.15) is 46.0 Å². The van der Waals surface area contributed by atoms with Gasteiger partial charge in [0.25, 0.3) is 5.91 Å². The predicted molar refractivity (Wildman–Crippen MR) is 67.2 cm³/mol. The third-order valence-corrected chi connectivity index (χ3v) is 4.19. The van der Waals surface area contributed by atoms with Crippen molar-refractivity contribution >= 4 is 11.9 Å². The molecule has 1 aliphatic rings. The Balaban J connectivity index is 2.94. The summed E-state index contributed by atoms with van der Waals surface area (Å²) in [6.45, 7) is 3.19. The highest BCUT2D eigenvalue weighted by atomic mass is 19.3. The Kier molecular flexibility index (Phi) is 4.74.